The number of ether oxygens (including phenoxy) is 2. The van der Waals surface area contributed by atoms with Gasteiger partial charge in [-0.15, -0.1) is 0 Å². The van der Waals surface area contributed by atoms with E-state index in [9.17, 15) is 0 Å². The summed E-state index contributed by atoms with van der Waals surface area (Å²) in [4.78, 5) is 0. The van der Waals surface area contributed by atoms with Gasteiger partial charge in [0, 0.05) is 26.3 Å². The average Bonchev–Trinajstić information content (AvgIpc) is 2.30. The molecule has 1 aliphatic rings. The van der Waals surface area contributed by atoms with Crippen molar-refractivity contribution in [3.05, 3.63) is 0 Å². The number of hydrogen-bond donors (Lipinski definition) is 1. The van der Waals surface area contributed by atoms with Gasteiger partial charge in [0.15, 0.2) is 0 Å². The summed E-state index contributed by atoms with van der Waals surface area (Å²) in [5.41, 5.74) is 0. The van der Waals surface area contributed by atoms with Crippen molar-refractivity contribution < 1.29 is 9.47 Å². The first-order valence-corrected chi connectivity index (χ1v) is 5.08. The molecule has 0 bridgehead atoms. The summed E-state index contributed by atoms with van der Waals surface area (Å²) >= 11 is 0. The molecule has 0 radical (unpaired) electrons. The van der Waals surface area contributed by atoms with Gasteiger partial charge >= 0.3 is 0 Å². The van der Waals surface area contributed by atoms with Gasteiger partial charge in [0.05, 0.1) is 12.7 Å². The molecule has 1 N–H and O–H groups in total. The van der Waals surface area contributed by atoms with Crippen LogP contribution >= 0.6 is 0 Å². The molecule has 3 heteroatoms. The van der Waals surface area contributed by atoms with Crippen LogP contribution in [0, 0.1) is 5.92 Å². The van der Waals surface area contributed by atoms with Crippen molar-refractivity contribution in [3.8, 4) is 0 Å². The van der Waals surface area contributed by atoms with E-state index in [0.717, 1.165) is 19.6 Å². The van der Waals surface area contributed by atoms with E-state index >= 15 is 0 Å². The van der Waals surface area contributed by atoms with Crippen molar-refractivity contribution in [1.82, 2.24) is 5.32 Å². The van der Waals surface area contributed by atoms with Crippen LogP contribution in [0.4, 0.5) is 0 Å². The summed E-state index contributed by atoms with van der Waals surface area (Å²) in [6, 6.07) is 0.599. The number of methoxy groups -OCH3 is 1. The van der Waals surface area contributed by atoms with Crippen molar-refractivity contribution in [2.75, 3.05) is 26.9 Å². The molecule has 2 unspecified atom stereocenters. The predicted molar refractivity (Wildman–Crippen MR) is 52.9 cm³/mol. The molecular formula is C10H21NO2. The smallest absolute Gasteiger partial charge is 0.0932 e. The average molecular weight is 187 g/mol. The molecule has 1 aliphatic heterocycles. The van der Waals surface area contributed by atoms with Crippen LogP contribution in [0.3, 0.4) is 0 Å². The lowest BCUT2D eigenvalue weighted by atomic mass is 10.0. The molecule has 1 fully saturated rings. The highest BCUT2D eigenvalue weighted by molar-refractivity contribution is 4.76. The van der Waals surface area contributed by atoms with E-state index in [0.29, 0.717) is 18.6 Å². The molecule has 1 rings (SSSR count). The Labute approximate surface area is 80.8 Å². The molecular weight excluding hydrogens is 166 g/mol. The molecule has 0 aromatic heterocycles. The second kappa shape index (κ2) is 5.58. The van der Waals surface area contributed by atoms with Crippen LogP contribution in [0.1, 0.15) is 20.3 Å². The van der Waals surface area contributed by atoms with Crippen molar-refractivity contribution in [3.63, 3.8) is 0 Å². The zero-order valence-electron chi connectivity index (χ0n) is 8.88. The molecule has 0 amide bonds. The molecule has 13 heavy (non-hydrogen) atoms. The fourth-order valence-electron chi connectivity index (χ4n) is 1.67. The maximum Gasteiger partial charge on any atom is 0.0932 e. The second-order valence-electron chi connectivity index (χ2n) is 4.00. The predicted octanol–water partition coefficient (Wildman–Crippen LogP) is 1.04. The van der Waals surface area contributed by atoms with Crippen molar-refractivity contribution in [2.24, 2.45) is 5.92 Å². The van der Waals surface area contributed by atoms with E-state index in [1.54, 1.807) is 7.11 Å². The van der Waals surface area contributed by atoms with Crippen LogP contribution in [0.25, 0.3) is 0 Å². The fourth-order valence-corrected chi connectivity index (χ4v) is 1.67. The zero-order valence-corrected chi connectivity index (χ0v) is 8.88. The lowest BCUT2D eigenvalue weighted by molar-refractivity contribution is 0.00858. The SMILES string of the molecule is COCC1CNC(C(C)C)CCO1. The van der Waals surface area contributed by atoms with Gasteiger partial charge in [0.2, 0.25) is 0 Å². The minimum absolute atomic E-state index is 0.230. The molecule has 78 valence electrons. The summed E-state index contributed by atoms with van der Waals surface area (Å²) in [6.07, 6.45) is 1.34. The number of rotatable bonds is 3. The van der Waals surface area contributed by atoms with Gasteiger partial charge in [-0.3, -0.25) is 0 Å². The van der Waals surface area contributed by atoms with E-state index in [1.807, 2.05) is 0 Å². The molecule has 2 atom stereocenters. The van der Waals surface area contributed by atoms with Crippen LogP contribution in [0.15, 0.2) is 0 Å². The molecule has 0 aromatic carbocycles. The van der Waals surface area contributed by atoms with Gasteiger partial charge in [-0.25, -0.2) is 0 Å². The Morgan fingerprint density at radius 1 is 1.54 bits per heavy atom. The Kier molecular flexibility index (Phi) is 4.70. The van der Waals surface area contributed by atoms with E-state index in [1.165, 1.54) is 0 Å². The monoisotopic (exact) mass is 187 g/mol. The Morgan fingerprint density at radius 2 is 2.31 bits per heavy atom. The van der Waals surface area contributed by atoms with E-state index in [2.05, 4.69) is 19.2 Å². The third-order valence-corrected chi connectivity index (χ3v) is 2.55. The summed E-state index contributed by atoms with van der Waals surface area (Å²) in [5.74, 6) is 0.685. The second-order valence-corrected chi connectivity index (χ2v) is 4.00. The van der Waals surface area contributed by atoms with E-state index < -0.39 is 0 Å². The molecule has 1 heterocycles. The van der Waals surface area contributed by atoms with Gasteiger partial charge in [0.25, 0.3) is 0 Å². The van der Waals surface area contributed by atoms with Gasteiger partial charge < -0.3 is 14.8 Å². The standard InChI is InChI=1S/C10H21NO2/c1-8(2)10-4-5-13-9(6-11-10)7-12-3/h8-11H,4-7H2,1-3H3. The summed E-state index contributed by atoms with van der Waals surface area (Å²) < 4.78 is 10.7. The Bertz CT molecular complexity index is 139. The van der Waals surface area contributed by atoms with Gasteiger partial charge in [-0.05, 0) is 12.3 Å². The minimum atomic E-state index is 0.230. The molecule has 0 aliphatic carbocycles. The van der Waals surface area contributed by atoms with Gasteiger partial charge in [-0.1, -0.05) is 13.8 Å². The lowest BCUT2D eigenvalue weighted by Crippen LogP contribution is -2.37. The van der Waals surface area contributed by atoms with Crippen LogP contribution < -0.4 is 5.32 Å². The zero-order chi connectivity index (χ0) is 9.68. The Morgan fingerprint density at radius 3 is 2.92 bits per heavy atom. The molecule has 0 spiro atoms. The maximum atomic E-state index is 5.64. The highest BCUT2D eigenvalue weighted by Gasteiger charge is 2.20. The Hall–Kier alpha value is -0.120. The first kappa shape index (κ1) is 11.0. The first-order chi connectivity index (χ1) is 6.24. The van der Waals surface area contributed by atoms with Crippen molar-refractivity contribution in [2.45, 2.75) is 32.4 Å². The quantitative estimate of drug-likeness (QED) is 0.716. The topological polar surface area (TPSA) is 30.5 Å². The van der Waals surface area contributed by atoms with Gasteiger partial charge in [-0.2, -0.15) is 0 Å². The molecule has 1 saturated heterocycles. The first-order valence-electron chi connectivity index (χ1n) is 5.08. The molecule has 0 saturated carbocycles. The summed E-state index contributed by atoms with van der Waals surface area (Å²) in [7, 11) is 1.72. The van der Waals surface area contributed by atoms with Crippen molar-refractivity contribution >= 4 is 0 Å². The molecule has 0 aromatic rings. The third-order valence-electron chi connectivity index (χ3n) is 2.55. The highest BCUT2D eigenvalue weighted by Crippen LogP contribution is 2.10. The maximum absolute atomic E-state index is 5.64. The van der Waals surface area contributed by atoms with Gasteiger partial charge in [0.1, 0.15) is 0 Å². The Balaban J connectivity index is 2.30. The fraction of sp³-hybridized carbons (Fsp3) is 1.00. The summed E-state index contributed by atoms with van der Waals surface area (Å²) in [5, 5.41) is 3.51. The highest BCUT2D eigenvalue weighted by atomic mass is 16.5. The largest absolute Gasteiger partial charge is 0.382 e. The van der Waals surface area contributed by atoms with Crippen LogP contribution in [-0.4, -0.2) is 39.0 Å². The van der Waals surface area contributed by atoms with Crippen molar-refractivity contribution in [1.29, 1.82) is 0 Å². The third kappa shape index (κ3) is 3.63. The lowest BCUT2D eigenvalue weighted by Gasteiger charge is -2.19. The summed E-state index contributed by atoms with van der Waals surface area (Å²) in [6.45, 7) is 6.95. The van der Waals surface area contributed by atoms with Crippen LogP contribution in [-0.2, 0) is 9.47 Å². The normalized spacial score (nSPS) is 30.5. The minimum Gasteiger partial charge on any atom is -0.382 e. The van der Waals surface area contributed by atoms with E-state index in [-0.39, 0.29) is 6.10 Å². The molecule has 3 nitrogen and oxygen atoms in total. The van der Waals surface area contributed by atoms with E-state index in [4.69, 9.17) is 9.47 Å². The number of nitrogens with one attached hydrogen (secondary N) is 1. The van der Waals surface area contributed by atoms with Crippen LogP contribution in [0.5, 0.6) is 0 Å². The number of hydrogen-bond acceptors (Lipinski definition) is 3. The van der Waals surface area contributed by atoms with Crippen LogP contribution in [0.2, 0.25) is 0 Å².